The molecule has 0 saturated heterocycles. The number of ether oxygens (including phenoxy) is 2. The van der Waals surface area contributed by atoms with E-state index in [4.69, 9.17) is 15.2 Å². The van der Waals surface area contributed by atoms with Crippen LogP contribution in [0.2, 0.25) is 0 Å². The molecule has 2 heterocycles. The number of nitrogens with two attached hydrogens (primary N) is 1. The summed E-state index contributed by atoms with van der Waals surface area (Å²) < 4.78 is 10.8. The molecule has 0 atom stereocenters. The normalized spacial score (nSPS) is 11.9. The minimum Gasteiger partial charge on any atom is -0.493 e. The lowest BCUT2D eigenvalue weighted by Crippen LogP contribution is -2.14. The Morgan fingerprint density at radius 3 is 2.38 bits per heavy atom. The Labute approximate surface area is 202 Å². The van der Waals surface area contributed by atoms with Crippen molar-refractivity contribution >= 4 is 29.0 Å². The number of aromatic nitrogens is 1. The first kappa shape index (κ1) is 21.7. The second-order valence-corrected chi connectivity index (χ2v) is 8.89. The summed E-state index contributed by atoms with van der Waals surface area (Å²) in [6.07, 6.45) is 0. The molecule has 2 N–H and O–H groups in total. The van der Waals surface area contributed by atoms with Gasteiger partial charge in [0.15, 0.2) is 11.5 Å². The van der Waals surface area contributed by atoms with E-state index in [9.17, 15) is 5.26 Å². The number of methoxy groups -OCH3 is 2. The van der Waals surface area contributed by atoms with Gasteiger partial charge < -0.3 is 20.1 Å². The van der Waals surface area contributed by atoms with E-state index in [0.717, 1.165) is 27.3 Å². The van der Waals surface area contributed by atoms with Crippen molar-refractivity contribution < 1.29 is 9.47 Å². The number of nitriles is 1. The van der Waals surface area contributed by atoms with Gasteiger partial charge in [0.2, 0.25) is 0 Å². The Hall–Kier alpha value is -4.15. The van der Waals surface area contributed by atoms with E-state index in [1.54, 1.807) is 26.0 Å². The van der Waals surface area contributed by atoms with Gasteiger partial charge >= 0.3 is 0 Å². The van der Waals surface area contributed by atoms with Crippen LogP contribution < -0.4 is 20.1 Å². The number of hydrogen-bond acceptors (Lipinski definition) is 7. The van der Waals surface area contributed by atoms with Crippen LogP contribution in [0.15, 0.2) is 76.5 Å². The highest BCUT2D eigenvalue weighted by Crippen LogP contribution is 2.48. The number of pyridine rings is 1. The zero-order valence-electron chi connectivity index (χ0n) is 19.0. The molecule has 34 heavy (non-hydrogen) atoms. The molecule has 1 aliphatic heterocycles. The first-order valence-electron chi connectivity index (χ1n) is 10.6. The smallest absolute Gasteiger partial charge is 0.161 e. The summed E-state index contributed by atoms with van der Waals surface area (Å²) in [6, 6.07) is 24.3. The molecule has 0 amide bonds. The summed E-state index contributed by atoms with van der Waals surface area (Å²) in [4.78, 5) is 9.00. The van der Waals surface area contributed by atoms with Gasteiger partial charge in [-0.1, -0.05) is 30.0 Å². The number of rotatable bonds is 4. The molecular weight excluding hydrogens is 444 g/mol. The molecule has 0 spiro atoms. The number of nitrogen functional groups attached to an aromatic ring is 1. The molecule has 0 aliphatic carbocycles. The van der Waals surface area contributed by atoms with Gasteiger partial charge in [0.25, 0.3) is 0 Å². The van der Waals surface area contributed by atoms with Crippen molar-refractivity contribution in [2.24, 2.45) is 0 Å². The quantitative estimate of drug-likeness (QED) is 0.388. The average molecular weight is 467 g/mol. The summed E-state index contributed by atoms with van der Waals surface area (Å²) in [5.74, 6) is 1.42. The lowest BCUT2D eigenvalue weighted by molar-refractivity contribution is 0.355. The molecule has 0 radical (unpaired) electrons. The van der Waals surface area contributed by atoms with E-state index in [-0.39, 0.29) is 5.82 Å². The minimum atomic E-state index is 0.192. The van der Waals surface area contributed by atoms with Gasteiger partial charge in [-0.2, -0.15) is 5.26 Å². The van der Waals surface area contributed by atoms with Crippen molar-refractivity contribution in [1.29, 1.82) is 5.26 Å². The van der Waals surface area contributed by atoms with Gasteiger partial charge in [0, 0.05) is 28.0 Å². The van der Waals surface area contributed by atoms with E-state index in [2.05, 4.69) is 47.3 Å². The summed E-state index contributed by atoms with van der Waals surface area (Å²) in [5, 5.41) is 9.86. The van der Waals surface area contributed by atoms with Crippen molar-refractivity contribution in [3.05, 3.63) is 72.3 Å². The SMILES string of the molecule is COc1ccc(-c2cc(-c3ccc4c(c3)Sc3ccccc3N4C)c(C#N)c(N)n2)cc1OC. The Kier molecular flexibility index (Phi) is 5.52. The third kappa shape index (κ3) is 3.58. The molecule has 3 aromatic carbocycles. The predicted octanol–water partition coefficient (Wildman–Crippen LogP) is 6.12. The lowest BCUT2D eigenvalue weighted by Gasteiger charge is -2.29. The van der Waals surface area contributed by atoms with E-state index < -0.39 is 0 Å². The lowest BCUT2D eigenvalue weighted by atomic mass is 9.98. The molecule has 1 aliphatic rings. The van der Waals surface area contributed by atoms with Crippen LogP contribution in [0.3, 0.4) is 0 Å². The number of benzene rings is 3. The number of hydrogen-bond donors (Lipinski definition) is 1. The minimum absolute atomic E-state index is 0.192. The van der Waals surface area contributed by atoms with Crippen LogP contribution in [-0.4, -0.2) is 26.3 Å². The predicted molar refractivity (Wildman–Crippen MR) is 136 cm³/mol. The summed E-state index contributed by atoms with van der Waals surface area (Å²) >= 11 is 1.72. The maximum absolute atomic E-state index is 9.86. The Bertz CT molecular complexity index is 1460. The van der Waals surface area contributed by atoms with Gasteiger partial charge in [-0.15, -0.1) is 0 Å². The van der Waals surface area contributed by atoms with Gasteiger partial charge in [-0.05, 0) is 54.1 Å². The third-order valence-electron chi connectivity index (χ3n) is 5.92. The second-order valence-electron chi connectivity index (χ2n) is 7.81. The molecule has 0 bridgehead atoms. The summed E-state index contributed by atoms with van der Waals surface area (Å²) in [6.45, 7) is 0. The fraction of sp³-hybridized carbons (Fsp3) is 0.111. The Morgan fingerprint density at radius 1 is 0.882 bits per heavy atom. The number of anilines is 3. The molecule has 6 nitrogen and oxygen atoms in total. The fourth-order valence-electron chi connectivity index (χ4n) is 4.16. The molecule has 1 aromatic heterocycles. The van der Waals surface area contributed by atoms with Crippen LogP contribution in [0.25, 0.3) is 22.4 Å². The van der Waals surface area contributed by atoms with E-state index in [0.29, 0.717) is 22.8 Å². The highest BCUT2D eigenvalue weighted by atomic mass is 32.2. The molecule has 0 fully saturated rings. The van der Waals surface area contributed by atoms with E-state index in [1.807, 2.05) is 42.5 Å². The van der Waals surface area contributed by atoms with Crippen LogP contribution in [0.1, 0.15) is 5.56 Å². The molecule has 4 aromatic rings. The van der Waals surface area contributed by atoms with Gasteiger partial charge in [0.1, 0.15) is 17.5 Å². The summed E-state index contributed by atoms with van der Waals surface area (Å²) in [5.41, 5.74) is 12.0. The van der Waals surface area contributed by atoms with Crippen LogP contribution in [0.5, 0.6) is 11.5 Å². The van der Waals surface area contributed by atoms with Crippen LogP contribution >= 0.6 is 11.8 Å². The topological polar surface area (TPSA) is 84.4 Å². The maximum Gasteiger partial charge on any atom is 0.161 e. The highest BCUT2D eigenvalue weighted by Gasteiger charge is 2.22. The first-order valence-corrected chi connectivity index (χ1v) is 11.4. The van der Waals surface area contributed by atoms with Crippen LogP contribution in [-0.2, 0) is 0 Å². The van der Waals surface area contributed by atoms with Crippen molar-refractivity contribution in [2.45, 2.75) is 9.79 Å². The van der Waals surface area contributed by atoms with Crippen molar-refractivity contribution in [2.75, 3.05) is 31.9 Å². The Balaban J connectivity index is 1.63. The molecule has 7 heteroatoms. The average Bonchev–Trinajstić information content (AvgIpc) is 2.87. The first-order chi connectivity index (χ1) is 16.5. The second kappa shape index (κ2) is 8.65. The molecular formula is C27H22N4O2S. The van der Waals surface area contributed by atoms with Gasteiger partial charge in [-0.25, -0.2) is 4.98 Å². The maximum atomic E-state index is 9.86. The van der Waals surface area contributed by atoms with E-state index in [1.165, 1.54) is 10.6 Å². The van der Waals surface area contributed by atoms with Crippen LogP contribution in [0.4, 0.5) is 17.2 Å². The Morgan fingerprint density at radius 2 is 1.62 bits per heavy atom. The molecule has 0 saturated carbocycles. The van der Waals surface area contributed by atoms with Gasteiger partial charge in [0.05, 0.1) is 31.3 Å². The van der Waals surface area contributed by atoms with Crippen molar-refractivity contribution in [3.8, 4) is 40.0 Å². The zero-order valence-corrected chi connectivity index (χ0v) is 19.8. The highest BCUT2D eigenvalue weighted by molar-refractivity contribution is 7.99. The number of para-hydroxylation sites is 1. The number of fused-ring (bicyclic) bond motifs is 2. The third-order valence-corrected chi connectivity index (χ3v) is 7.03. The monoisotopic (exact) mass is 466 g/mol. The standard InChI is InChI=1S/C27H22N4O2S/c1-31-21-6-4-5-7-25(21)34-26-13-16(8-10-22(26)31)18-14-20(30-27(29)19(18)15-28)17-9-11-23(32-2)24(12-17)33-3/h4-14H,1-3H3,(H2,29,30). The molecule has 0 unspecified atom stereocenters. The van der Waals surface area contributed by atoms with Gasteiger partial charge in [-0.3, -0.25) is 0 Å². The van der Waals surface area contributed by atoms with E-state index >= 15 is 0 Å². The van der Waals surface area contributed by atoms with Crippen molar-refractivity contribution in [3.63, 3.8) is 0 Å². The van der Waals surface area contributed by atoms with Crippen LogP contribution in [0, 0.1) is 11.3 Å². The summed E-state index contributed by atoms with van der Waals surface area (Å²) in [7, 11) is 5.25. The zero-order chi connectivity index (χ0) is 23.8. The molecule has 168 valence electrons. The van der Waals surface area contributed by atoms with Crippen molar-refractivity contribution in [1.82, 2.24) is 4.98 Å². The number of nitrogens with zero attached hydrogens (tertiary/aromatic N) is 3. The largest absolute Gasteiger partial charge is 0.493 e. The fourth-order valence-corrected chi connectivity index (χ4v) is 5.35. The molecule has 5 rings (SSSR count).